The Morgan fingerprint density at radius 1 is 1.46 bits per heavy atom. The topological polar surface area (TPSA) is 93.4 Å². The molecule has 0 aliphatic rings. The van der Waals surface area contributed by atoms with Crippen LogP contribution in [0.15, 0.2) is 16.7 Å². The van der Waals surface area contributed by atoms with Gasteiger partial charge in [0.25, 0.3) is 0 Å². The van der Waals surface area contributed by atoms with Crippen LogP contribution in [-0.2, 0) is 0 Å². The molecule has 0 bridgehead atoms. The molecule has 2 rings (SSSR count). The molecule has 66 valence electrons. The van der Waals surface area contributed by atoms with Crippen LogP contribution in [-0.4, -0.2) is 25.6 Å². The summed E-state index contributed by atoms with van der Waals surface area (Å²) in [6.45, 7) is 0. The Balaban J connectivity index is 2.49. The summed E-state index contributed by atoms with van der Waals surface area (Å²) in [5.41, 5.74) is 6.28. The van der Waals surface area contributed by atoms with Gasteiger partial charge in [0, 0.05) is 11.8 Å². The van der Waals surface area contributed by atoms with Gasteiger partial charge in [-0.15, -0.1) is 10.2 Å². The van der Waals surface area contributed by atoms with Gasteiger partial charge in [-0.2, -0.15) is 5.21 Å². The van der Waals surface area contributed by atoms with E-state index >= 15 is 0 Å². The Morgan fingerprint density at radius 3 is 2.92 bits per heavy atom. The number of aromatic amines is 1. The van der Waals surface area contributed by atoms with Crippen molar-refractivity contribution in [3.05, 3.63) is 16.7 Å². The minimum Gasteiger partial charge on any atom is -0.383 e. The quantitative estimate of drug-likeness (QED) is 0.762. The van der Waals surface area contributed by atoms with Crippen molar-refractivity contribution in [2.24, 2.45) is 0 Å². The first-order valence-electron chi connectivity index (χ1n) is 3.42. The van der Waals surface area contributed by atoms with E-state index in [9.17, 15) is 0 Å². The molecule has 2 aromatic rings. The number of nitrogens with one attached hydrogen (secondary N) is 1. The SMILES string of the molecule is Nc1ncc(-c2nn[nH]n2)cc1Br. The van der Waals surface area contributed by atoms with E-state index in [1.807, 2.05) is 0 Å². The summed E-state index contributed by atoms with van der Waals surface area (Å²) in [5, 5.41) is 13.4. The zero-order valence-corrected chi connectivity index (χ0v) is 7.98. The molecule has 0 saturated carbocycles. The van der Waals surface area contributed by atoms with Crippen molar-refractivity contribution in [1.82, 2.24) is 25.6 Å². The van der Waals surface area contributed by atoms with Gasteiger partial charge in [-0.25, -0.2) is 4.98 Å². The Labute approximate surface area is 81.7 Å². The van der Waals surface area contributed by atoms with Crippen LogP contribution in [0.4, 0.5) is 5.82 Å². The van der Waals surface area contributed by atoms with Gasteiger partial charge < -0.3 is 5.73 Å². The number of tetrazole rings is 1. The molecule has 0 radical (unpaired) electrons. The average Bonchev–Trinajstić information content (AvgIpc) is 2.62. The minimum absolute atomic E-state index is 0.437. The van der Waals surface area contributed by atoms with Crippen LogP contribution in [0.25, 0.3) is 11.4 Å². The highest BCUT2D eigenvalue weighted by Crippen LogP contribution is 2.22. The summed E-state index contributed by atoms with van der Waals surface area (Å²) in [6.07, 6.45) is 1.59. The van der Waals surface area contributed by atoms with E-state index < -0.39 is 0 Å². The highest BCUT2D eigenvalue weighted by molar-refractivity contribution is 9.10. The highest BCUT2D eigenvalue weighted by atomic mass is 79.9. The Kier molecular flexibility index (Phi) is 1.93. The third-order valence-corrected chi connectivity index (χ3v) is 2.11. The zero-order valence-electron chi connectivity index (χ0n) is 6.40. The number of pyridine rings is 1. The highest BCUT2D eigenvalue weighted by Gasteiger charge is 2.05. The van der Waals surface area contributed by atoms with Crippen LogP contribution >= 0.6 is 15.9 Å². The molecule has 0 amide bonds. The van der Waals surface area contributed by atoms with Gasteiger partial charge in [-0.1, -0.05) is 0 Å². The standard InChI is InChI=1S/C6H5BrN6/c7-4-1-3(2-9-5(4)8)6-10-12-13-11-6/h1-2H,(H2,8,9)(H,10,11,12,13). The van der Waals surface area contributed by atoms with Crippen LogP contribution in [0.3, 0.4) is 0 Å². The molecule has 0 saturated heterocycles. The molecule has 0 aliphatic heterocycles. The second kappa shape index (κ2) is 3.09. The Hall–Kier alpha value is -1.50. The smallest absolute Gasteiger partial charge is 0.206 e. The van der Waals surface area contributed by atoms with Gasteiger partial charge in [0.2, 0.25) is 5.82 Å². The summed E-state index contributed by atoms with van der Waals surface area (Å²) < 4.78 is 0.717. The lowest BCUT2D eigenvalue weighted by atomic mass is 10.3. The molecule has 0 atom stereocenters. The molecule has 7 heteroatoms. The maximum absolute atomic E-state index is 5.52. The molecular formula is C6H5BrN6. The number of nitrogens with zero attached hydrogens (tertiary/aromatic N) is 4. The molecule has 6 nitrogen and oxygen atoms in total. The fourth-order valence-electron chi connectivity index (χ4n) is 0.855. The zero-order chi connectivity index (χ0) is 9.26. The predicted molar refractivity (Wildman–Crippen MR) is 49.5 cm³/mol. The van der Waals surface area contributed by atoms with Gasteiger partial charge in [0.15, 0.2) is 0 Å². The third-order valence-electron chi connectivity index (χ3n) is 1.47. The van der Waals surface area contributed by atoms with E-state index in [-0.39, 0.29) is 0 Å². The van der Waals surface area contributed by atoms with Crippen molar-refractivity contribution in [1.29, 1.82) is 0 Å². The molecule has 0 spiro atoms. The Morgan fingerprint density at radius 2 is 2.31 bits per heavy atom. The van der Waals surface area contributed by atoms with Gasteiger partial charge >= 0.3 is 0 Å². The van der Waals surface area contributed by atoms with Crippen LogP contribution in [0.1, 0.15) is 0 Å². The number of anilines is 1. The lowest BCUT2D eigenvalue weighted by molar-refractivity contribution is 0.881. The predicted octanol–water partition coefficient (Wildman–Crippen LogP) is 0.606. The van der Waals surface area contributed by atoms with E-state index in [2.05, 4.69) is 41.5 Å². The number of H-pyrrole nitrogens is 1. The van der Waals surface area contributed by atoms with E-state index in [1.54, 1.807) is 12.3 Å². The maximum atomic E-state index is 5.52. The number of aromatic nitrogens is 5. The second-order valence-electron chi connectivity index (χ2n) is 2.33. The number of hydrogen-bond donors (Lipinski definition) is 2. The summed E-state index contributed by atoms with van der Waals surface area (Å²) >= 11 is 3.26. The van der Waals surface area contributed by atoms with E-state index in [0.717, 1.165) is 10.0 Å². The van der Waals surface area contributed by atoms with E-state index in [4.69, 9.17) is 5.73 Å². The molecule has 0 aliphatic carbocycles. The molecule has 0 fully saturated rings. The number of nitrogens with two attached hydrogens (primary N) is 1. The first-order chi connectivity index (χ1) is 6.27. The van der Waals surface area contributed by atoms with Gasteiger partial charge in [0.05, 0.1) is 4.47 Å². The largest absolute Gasteiger partial charge is 0.383 e. The van der Waals surface area contributed by atoms with Crippen molar-refractivity contribution in [2.45, 2.75) is 0 Å². The lowest BCUT2D eigenvalue weighted by Crippen LogP contribution is -1.92. The maximum Gasteiger partial charge on any atom is 0.206 e. The van der Waals surface area contributed by atoms with Crippen molar-refractivity contribution in [3.8, 4) is 11.4 Å². The fourth-order valence-corrected chi connectivity index (χ4v) is 1.20. The van der Waals surface area contributed by atoms with Gasteiger partial charge in [-0.05, 0) is 27.2 Å². The van der Waals surface area contributed by atoms with E-state index in [1.165, 1.54) is 0 Å². The van der Waals surface area contributed by atoms with Crippen LogP contribution in [0.2, 0.25) is 0 Å². The molecule has 0 unspecified atom stereocenters. The van der Waals surface area contributed by atoms with Crippen LogP contribution in [0.5, 0.6) is 0 Å². The van der Waals surface area contributed by atoms with Crippen molar-refractivity contribution in [3.63, 3.8) is 0 Å². The lowest BCUT2D eigenvalue weighted by Gasteiger charge is -1.97. The van der Waals surface area contributed by atoms with Crippen molar-refractivity contribution < 1.29 is 0 Å². The minimum atomic E-state index is 0.437. The molecular weight excluding hydrogens is 236 g/mol. The Bertz CT molecular complexity index is 411. The molecule has 2 aromatic heterocycles. The normalized spacial score (nSPS) is 10.2. The third kappa shape index (κ3) is 1.50. The first kappa shape index (κ1) is 8.11. The molecule has 3 N–H and O–H groups in total. The number of hydrogen-bond acceptors (Lipinski definition) is 5. The average molecular weight is 241 g/mol. The van der Waals surface area contributed by atoms with Gasteiger partial charge in [-0.3, -0.25) is 0 Å². The number of rotatable bonds is 1. The summed E-state index contributed by atoms with van der Waals surface area (Å²) in [7, 11) is 0. The summed E-state index contributed by atoms with van der Waals surface area (Å²) in [4.78, 5) is 3.94. The molecule has 0 aromatic carbocycles. The van der Waals surface area contributed by atoms with E-state index in [0.29, 0.717) is 11.6 Å². The van der Waals surface area contributed by atoms with Crippen molar-refractivity contribution in [2.75, 3.05) is 5.73 Å². The molecule has 2 heterocycles. The molecule has 13 heavy (non-hydrogen) atoms. The van der Waals surface area contributed by atoms with Crippen LogP contribution < -0.4 is 5.73 Å². The number of nitrogen functional groups attached to an aromatic ring is 1. The van der Waals surface area contributed by atoms with Crippen LogP contribution in [0, 0.1) is 0 Å². The monoisotopic (exact) mass is 240 g/mol. The fraction of sp³-hybridized carbons (Fsp3) is 0. The summed E-state index contributed by atoms with van der Waals surface area (Å²) in [6, 6.07) is 1.78. The number of halogens is 1. The van der Waals surface area contributed by atoms with Gasteiger partial charge in [0.1, 0.15) is 5.82 Å². The van der Waals surface area contributed by atoms with Crippen molar-refractivity contribution >= 4 is 21.7 Å². The summed E-state index contributed by atoms with van der Waals surface area (Å²) in [5.74, 6) is 0.931. The second-order valence-corrected chi connectivity index (χ2v) is 3.18. The first-order valence-corrected chi connectivity index (χ1v) is 4.21.